The number of rotatable bonds is 5. The van der Waals surface area contributed by atoms with Gasteiger partial charge in [0.05, 0.1) is 5.02 Å². The summed E-state index contributed by atoms with van der Waals surface area (Å²) in [6.45, 7) is 6.14. The van der Waals surface area contributed by atoms with Crippen molar-refractivity contribution in [1.82, 2.24) is 9.88 Å². The molecule has 1 aromatic heterocycles. The fourth-order valence-electron chi connectivity index (χ4n) is 3.26. The molecule has 0 N–H and O–H groups in total. The standard InChI is InChI=1S/C23H24Cl2N2O2/c1-23(2,3)29-22(28)20(16-8-6-5-7-9-16)27(4)14-15-10-11-17-18(12-15)21(25)26-13-19(17)24/h5-13,20H,14H2,1-4H3/t20-/m0/s1. The van der Waals surface area contributed by atoms with E-state index in [1.807, 2.05) is 81.2 Å². The Morgan fingerprint density at radius 2 is 1.79 bits per heavy atom. The third kappa shape index (κ3) is 5.27. The second kappa shape index (κ2) is 8.70. The smallest absolute Gasteiger partial charge is 0.328 e. The first-order valence-electron chi connectivity index (χ1n) is 9.36. The predicted molar refractivity (Wildman–Crippen MR) is 118 cm³/mol. The van der Waals surface area contributed by atoms with E-state index in [2.05, 4.69) is 4.98 Å². The van der Waals surface area contributed by atoms with Crippen molar-refractivity contribution in [3.05, 3.63) is 76.0 Å². The van der Waals surface area contributed by atoms with Crippen LogP contribution < -0.4 is 0 Å². The molecule has 2 aromatic carbocycles. The average Bonchev–Trinajstić information content (AvgIpc) is 2.64. The number of pyridine rings is 1. The molecule has 152 valence electrons. The number of fused-ring (bicyclic) bond motifs is 1. The van der Waals surface area contributed by atoms with Gasteiger partial charge in [0.2, 0.25) is 0 Å². The quantitative estimate of drug-likeness (QED) is 0.364. The van der Waals surface area contributed by atoms with Crippen LogP contribution in [-0.2, 0) is 16.1 Å². The Hall–Kier alpha value is -2.14. The lowest BCUT2D eigenvalue weighted by Crippen LogP contribution is -2.36. The van der Waals surface area contributed by atoms with Gasteiger partial charge in [-0.2, -0.15) is 0 Å². The Balaban J connectivity index is 1.92. The molecule has 0 unspecified atom stereocenters. The van der Waals surface area contributed by atoms with E-state index in [0.717, 1.165) is 21.9 Å². The van der Waals surface area contributed by atoms with Gasteiger partial charge in [0.1, 0.15) is 16.8 Å². The molecule has 4 nitrogen and oxygen atoms in total. The number of esters is 1. The van der Waals surface area contributed by atoms with E-state index in [-0.39, 0.29) is 5.97 Å². The molecule has 0 fully saturated rings. The molecule has 3 rings (SSSR count). The first kappa shape index (κ1) is 21.6. The van der Waals surface area contributed by atoms with Crippen LogP contribution in [0.2, 0.25) is 10.2 Å². The number of likely N-dealkylation sites (N-methyl/N-ethyl adjacent to an activating group) is 1. The molecule has 0 bridgehead atoms. The molecule has 0 aliphatic carbocycles. The normalized spacial score (nSPS) is 12.9. The Bertz CT molecular complexity index is 1020. The minimum Gasteiger partial charge on any atom is -0.459 e. The number of hydrogen-bond donors (Lipinski definition) is 0. The van der Waals surface area contributed by atoms with Crippen molar-refractivity contribution in [2.45, 2.75) is 39.0 Å². The van der Waals surface area contributed by atoms with Gasteiger partial charge in [0.15, 0.2) is 0 Å². The van der Waals surface area contributed by atoms with Crippen LogP contribution in [0.15, 0.2) is 54.7 Å². The highest BCUT2D eigenvalue weighted by Crippen LogP contribution is 2.30. The zero-order valence-corrected chi connectivity index (χ0v) is 18.5. The lowest BCUT2D eigenvalue weighted by molar-refractivity contribution is -0.161. The number of aromatic nitrogens is 1. The number of ether oxygens (including phenoxy) is 1. The summed E-state index contributed by atoms with van der Waals surface area (Å²) in [5.74, 6) is -0.283. The van der Waals surface area contributed by atoms with Gasteiger partial charge in [-0.05, 0) is 45.0 Å². The SMILES string of the molecule is CN(Cc1ccc2c(Cl)cnc(Cl)c2c1)[C@H](C(=O)OC(C)(C)C)c1ccccc1. The van der Waals surface area contributed by atoms with Crippen LogP contribution in [0.25, 0.3) is 10.8 Å². The van der Waals surface area contributed by atoms with E-state index in [1.165, 1.54) is 0 Å². The summed E-state index contributed by atoms with van der Waals surface area (Å²) in [4.78, 5) is 19.1. The number of halogens is 2. The molecule has 6 heteroatoms. The van der Waals surface area contributed by atoms with Crippen LogP contribution >= 0.6 is 23.2 Å². The molecule has 0 saturated carbocycles. The largest absolute Gasteiger partial charge is 0.459 e. The Morgan fingerprint density at radius 1 is 1.10 bits per heavy atom. The summed E-state index contributed by atoms with van der Waals surface area (Å²) in [5.41, 5.74) is 1.31. The van der Waals surface area contributed by atoms with Gasteiger partial charge < -0.3 is 4.74 Å². The molecule has 1 heterocycles. The maximum Gasteiger partial charge on any atom is 0.328 e. The Morgan fingerprint density at radius 3 is 2.45 bits per heavy atom. The highest BCUT2D eigenvalue weighted by Gasteiger charge is 2.30. The monoisotopic (exact) mass is 430 g/mol. The summed E-state index contributed by atoms with van der Waals surface area (Å²) in [6.07, 6.45) is 1.55. The number of carbonyl (C=O) groups is 1. The van der Waals surface area contributed by atoms with Crippen molar-refractivity contribution in [3.8, 4) is 0 Å². The summed E-state index contributed by atoms with van der Waals surface area (Å²) in [6, 6.07) is 15.0. The van der Waals surface area contributed by atoms with Gasteiger partial charge in [0.25, 0.3) is 0 Å². The van der Waals surface area contributed by atoms with Crippen molar-refractivity contribution in [1.29, 1.82) is 0 Å². The lowest BCUT2D eigenvalue weighted by Gasteiger charge is -2.30. The molecule has 0 saturated heterocycles. The first-order chi connectivity index (χ1) is 13.7. The lowest BCUT2D eigenvalue weighted by atomic mass is 10.0. The summed E-state index contributed by atoms with van der Waals surface area (Å²) in [7, 11) is 1.91. The van der Waals surface area contributed by atoms with E-state index >= 15 is 0 Å². The zero-order chi connectivity index (χ0) is 21.2. The maximum atomic E-state index is 13.0. The molecule has 1 atom stereocenters. The van der Waals surface area contributed by atoms with Crippen molar-refractivity contribution in [3.63, 3.8) is 0 Å². The molecular formula is C23H24Cl2N2O2. The fraction of sp³-hybridized carbons (Fsp3) is 0.304. The minimum atomic E-state index is -0.566. The number of hydrogen-bond acceptors (Lipinski definition) is 4. The second-order valence-electron chi connectivity index (χ2n) is 8.04. The third-order valence-corrected chi connectivity index (χ3v) is 5.08. The first-order valence-corrected chi connectivity index (χ1v) is 10.1. The fourth-order valence-corrected chi connectivity index (χ4v) is 3.68. The van der Waals surface area contributed by atoms with Crippen LogP contribution in [0, 0.1) is 0 Å². The van der Waals surface area contributed by atoms with Gasteiger partial charge in [-0.25, -0.2) is 9.78 Å². The third-order valence-electron chi connectivity index (χ3n) is 4.47. The second-order valence-corrected chi connectivity index (χ2v) is 8.80. The van der Waals surface area contributed by atoms with Gasteiger partial charge in [-0.3, -0.25) is 4.90 Å². The van der Waals surface area contributed by atoms with Crippen molar-refractivity contribution in [2.75, 3.05) is 7.05 Å². The number of carbonyl (C=O) groups excluding carboxylic acids is 1. The van der Waals surface area contributed by atoms with Gasteiger partial charge in [-0.15, -0.1) is 0 Å². The van der Waals surface area contributed by atoms with Crippen molar-refractivity contribution in [2.24, 2.45) is 0 Å². The minimum absolute atomic E-state index is 0.283. The molecule has 0 aliphatic heterocycles. The van der Waals surface area contributed by atoms with Crippen LogP contribution in [-0.4, -0.2) is 28.5 Å². The van der Waals surface area contributed by atoms with E-state index in [1.54, 1.807) is 6.20 Å². The van der Waals surface area contributed by atoms with Gasteiger partial charge >= 0.3 is 5.97 Å². The highest BCUT2D eigenvalue weighted by molar-refractivity contribution is 6.39. The molecule has 3 aromatic rings. The van der Waals surface area contributed by atoms with E-state index < -0.39 is 11.6 Å². The van der Waals surface area contributed by atoms with Crippen molar-refractivity contribution < 1.29 is 9.53 Å². The molecular weight excluding hydrogens is 407 g/mol. The Labute approximate surface area is 181 Å². The van der Waals surface area contributed by atoms with Crippen LogP contribution in [0.1, 0.15) is 37.9 Å². The van der Waals surface area contributed by atoms with Crippen LogP contribution in [0.5, 0.6) is 0 Å². The maximum absolute atomic E-state index is 13.0. The highest BCUT2D eigenvalue weighted by atomic mass is 35.5. The number of benzene rings is 2. The van der Waals surface area contributed by atoms with Gasteiger partial charge in [0, 0.05) is 23.5 Å². The zero-order valence-electron chi connectivity index (χ0n) is 16.9. The predicted octanol–water partition coefficient (Wildman–Crippen LogP) is 6.06. The molecule has 29 heavy (non-hydrogen) atoms. The van der Waals surface area contributed by atoms with E-state index in [9.17, 15) is 4.79 Å². The molecule has 0 aliphatic rings. The average molecular weight is 431 g/mol. The number of nitrogens with zero attached hydrogens (tertiary/aromatic N) is 2. The Kier molecular flexibility index (Phi) is 6.47. The summed E-state index contributed by atoms with van der Waals surface area (Å²) >= 11 is 12.5. The van der Waals surface area contributed by atoms with E-state index in [4.69, 9.17) is 27.9 Å². The summed E-state index contributed by atoms with van der Waals surface area (Å²) in [5, 5.41) is 2.60. The topological polar surface area (TPSA) is 42.4 Å². The van der Waals surface area contributed by atoms with Gasteiger partial charge in [-0.1, -0.05) is 65.7 Å². The molecule has 0 radical (unpaired) electrons. The summed E-state index contributed by atoms with van der Waals surface area (Å²) < 4.78 is 5.69. The van der Waals surface area contributed by atoms with Crippen LogP contribution in [0.3, 0.4) is 0 Å². The molecule has 0 amide bonds. The molecule has 0 spiro atoms. The van der Waals surface area contributed by atoms with E-state index in [0.29, 0.717) is 16.7 Å². The van der Waals surface area contributed by atoms with Crippen molar-refractivity contribution >= 4 is 39.9 Å². The van der Waals surface area contributed by atoms with Crippen LogP contribution in [0.4, 0.5) is 0 Å².